The van der Waals surface area contributed by atoms with Gasteiger partial charge < -0.3 is 14.6 Å². The lowest BCUT2D eigenvalue weighted by molar-refractivity contribution is -0.247. The van der Waals surface area contributed by atoms with Gasteiger partial charge in [0.05, 0.1) is 24.2 Å². The molecule has 1 N–H and O–H groups in total. The fourth-order valence-electron chi connectivity index (χ4n) is 7.64. The Morgan fingerprint density at radius 3 is 2.62 bits per heavy atom. The predicted octanol–water partition coefficient (Wildman–Crippen LogP) is 4.41. The number of hydrogen-bond donors (Lipinski definition) is 1. The number of carbonyl (C=O) groups excluding carboxylic acids is 1. The largest absolute Gasteiger partial charge is 0.388 e. The molecule has 0 radical (unpaired) electrons. The molecule has 3 saturated carbocycles. The molecule has 1 spiro atoms. The van der Waals surface area contributed by atoms with Crippen molar-refractivity contribution in [2.75, 3.05) is 13.2 Å². The van der Waals surface area contributed by atoms with Gasteiger partial charge in [-0.3, -0.25) is 4.79 Å². The van der Waals surface area contributed by atoms with Crippen molar-refractivity contribution in [1.82, 2.24) is 0 Å². The van der Waals surface area contributed by atoms with Gasteiger partial charge in [0.2, 0.25) is 0 Å². The van der Waals surface area contributed by atoms with Crippen molar-refractivity contribution >= 4 is 5.78 Å². The Balaban J connectivity index is 1.47. The molecule has 6 rings (SSSR count). The number of hydrogen-bond acceptors (Lipinski definition) is 4. The van der Waals surface area contributed by atoms with E-state index in [2.05, 4.69) is 24.8 Å². The number of aliphatic hydroxyl groups is 1. The molecule has 1 aromatic rings. The first-order valence-electron chi connectivity index (χ1n) is 12.2. The van der Waals surface area contributed by atoms with Crippen LogP contribution < -0.4 is 0 Å². The third-order valence-electron chi connectivity index (χ3n) is 9.38. The molecule has 168 valence electrons. The number of fused-ring (bicyclic) bond motifs is 5. The van der Waals surface area contributed by atoms with Crippen molar-refractivity contribution < 1.29 is 19.4 Å². The van der Waals surface area contributed by atoms with Crippen LogP contribution >= 0.6 is 0 Å². The third kappa shape index (κ3) is 2.78. The molecule has 5 aliphatic rings. The van der Waals surface area contributed by atoms with Crippen LogP contribution in [-0.4, -0.2) is 35.5 Å². The summed E-state index contributed by atoms with van der Waals surface area (Å²) in [5.74, 6) is 7.49. The van der Waals surface area contributed by atoms with Gasteiger partial charge >= 0.3 is 0 Å². The van der Waals surface area contributed by atoms with Crippen molar-refractivity contribution in [3.63, 3.8) is 0 Å². The Labute approximate surface area is 190 Å². The fourth-order valence-corrected chi connectivity index (χ4v) is 7.64. The van der Waals surface area contributed by atoms with Gasteiger partial charge in [-0.2, -0.15) is 0 Å². The molecule has 1 aromatic carbocycles. The van der Waals surface area contributed by atoms with Gasteiger partial charge in [-0.1, -0.05) is 43.0 Å². The molecule has 32 heavy (non-hydrogen) atoms. The normalized spacial score (nSPS) is 41.8. The van der Waals surface area contributed by atoms with E-state index >= 15 is 0 Å². The highest BCUT2D eigenvalue weighted by Crippen LogP contribution is 2.66. The van der Waals surface area contributed by atoms with Gasteiger partial charge in [-0.05, 0) is 61.6 Å². The van der Waals surface area contributed by atoms with Crippen LogP contribution in [0.1, 0.15) is 63.9 Å². The first kappa shape index (κ1) is 20.7. The number of ether oxygens (including phenoxy) is 2. The molecule has 0 aromatic heterocycles. The molecule has 4 fully saturated rings. The maximum Gasteiger partial charge on any atom is 0.171 e. The van der Waals surface area contributed by atoms with Gasteiger partial charge in [0, 0.05) is 30.2 Å². The van der Waals surface area contributed by atoms with E-state index in [1.54, 1.807) is 0 Å². The highest BCUT2D eigenvalue weighted by molar-refractivity contribution is 5.87. The average molecular weight is 433 g/mol. The van der Waals surface area contributed by atoms with Gasteiger partial charge in [0.15, 0.2) is 5.79 Å². The first-order chi connectivity index (χ1) is 15.4. The Morgan fingerprint density at radius 1 is 1.06 bits per heavy atom. The number of carbonyl (C=O) groups is 1. The van der Waals surface area contributed by atoms with E-state index in [4.69, 9.17) is 9.47 Å². The van der Waals surface area contributed by atoms with Crippen LogP contribution in [0.4, 0.5) is 0 Å². The summed E-state index contributed by atoms with van der Waals surface area (Å²) in [5, 5.41) is 12.3. The maximum absolute atomic E-state index is 12.8. The van der Waals surface area contributed by atoms with Crippen LogP contribution in [0.3, 0.4) is 0 Å². The molecule has 1 saturated heterocycles. The van der Waals surface area contributed by atoms with Gasteiger partial charge in [-0.15, -0.1) is 0 Å². The number of rotatable bonds is 0. The van der Waals surface area contributed by atoms with Gasteiger partial charge in [0.25, 0.3) is 0 Å². The van der Waals surface area contributed by atoms with E-state index in [0.29, 0.717) is 50.1 Å². The Hall–Kier alpha value is -1.93. The van der Waals surface area contributed by atoms with Gasteiger partial charge in [0.1, 0.15) is 5.78 Å². The zero-order valence-corrected chi connectivity index (χ0v) is 18.9. The summed E-state index contributed by atoms with van der Waals surface area (Å²) in [6.07, 6.45) is 8.23. The molecule has 1 aliphatic heterocycles. The van der Waals surface area contributed by atoms with Crippen molar-refractivity contribution in [1.29, 1.82) is 0 Å². The van der Waals surface area contributed by atoms with E-state index < -0.39 is 16.8 Å². The summed E-state index contributed by atoms with van der Waals surface area (Å²) in [5.41, 5.74) is 0.414. The summed E-state index contributed by atoms with van der Waals surface area (Å²) in [7, 11) is 0. The van der Waals surface area contributed by atoms with Crippen molar-refractivity contribution in [2.45, 2.75) is 69.7 Å². The standard InChI is InChI=1S/C28H32O4/c1-25-12-11-23-21(22(25)7-8-24(25)29)10-14-27(30)19-28(31-17-18-32-28)16-15-26(23,27)13-9-20-5-3-2-4-6-20/h2-6,11,21-22,30H,7-8,10,12,14-19H2,1H3/t21-,22-,25-,26+,27+/m0/s1. The quantitative estimate of drug-likeness (QED) is 0.487. The molecular weight excluding hydrogens is 400 g/mol. The molecule has 0 amide bonds. The Kier molecular flexibility index (Phi) is 4.54. The van der Waals surface area contributed by atoms with Crippen LogP contribution in [0, 0.1) is 34.5 Å². The summed E-state index contributed by atoms with van der Waals surface area (Å²) >= 11 is 0. The minimum atomic E-state index is -0.990. The minimum absolute atomic E-state index is 0.245. The third-order valence-corrected chi connectivity index (χ3v) is 9.38. The molecular formula is C28H32O4. The molecule has 1 heterocycles. The lowest BCUT2D eigenvalue weighted by atomic mass is 9.46. The van der Waals surface area contributed by atoms with E-state index in [1.807, 2.05) is 30.3 Å². The monoisotopic (exact) mass is 432 g/mol. The second kappa shape index (κ2) is 7.03. The smallest absolute Gasteiger partial charge is 0.171 e. The van der Waals surface area contributed by atoms with Crippen LogP contribution in [0.2, 0.25) is 0 Å². The topological polar surface area (TPSA) is 55.8 Å². The number of ketones is 1. The number of Topliss-reactive ketones (excluding diaryl/α,β-unsaturated/α-hetero) is 1. The van der Waals surface area contributed by atoms with E-state index in [1.165, 1.54) is 5.57 Å². The van der Waals surface area contributed by atoms with Crippen LogP contribution in [-0.2, 0) is 14.3 Å². The summed E-state index contributed by atoms with van der Waals surface area (Å²) in [4.78, 5) is 12.8. The lowest BCUT2D eigenvalue weighted by Gasteiger charge is -2.60. The van der Waals surface area contributed by atoms with Gasteiger partial charge in [-0.25, -0.2) is 0 Å². The van der Waals surface area contributed by atoms with Crippen LogP contribution in [0.5, 0.6) is 0 Å². The fraction of sp³-hybridized carbons (Fsp3) is 0.607. The highest BCUT2D eigenvalue weighted by atomic mass is 16.7. The molecule has 4 aliphatic carbocycles. The Bertz CT molecular complexity index is 1030. The minimum Gasteiger partial charge on any atom is -0.388 e. The van der Waals surface area contributed by atoms with E-state index in [-0.39, 0.29) is 5.41 Å². The van der Waals surface area contributed by atoms with Crippen LogP contribution in [0.15, 0.2) is 42.0 Å². The van der Waals surface area contributed by atoms with E-state index in [0.717, 1.165) is 37.7 Å². The molecule has 0 unspecified atom stereocenters. The number of benzene rings is 1. The van der Waals surface area contributed by atoms with Crippen LogP contribution in [0.25, 0.3) is 0 Å². The summed E-state index contributed by atoms with van der Waals surface area (Å²) < 4.78 is 12.1. The van der Waals surface area contributed by atoms with Crippen molar-refractivity contribution in [3.8, 4) is 11.8 Å². The SMILES string of the molecule is C[C@]12CC=C3[C@@H](CC[C@@]4(O)CC5(CC[C@]34C#Cc3ccccc3)OCCO5)[C@@H]1CCC2=O. The summed E-state index contributed by atoms with van der Waals surface area (Å²) in [6, 6.07) is 10.1. The second-order valence-corrected chi connectivity index (χ2v) is 10.8. The molecule has 0 bridgehead atoms. The van der Waals surface area contributed by atoms with E-state index in [9.17, 15) is 9.90 Å². The highest BCUT2D eigenvalue weighted by Gasteiger charge is 2.66. The first-order valence-corrected chi connectivity index (χ1v) is 12.2. The zero-order valence-electron chi connectivity index (χ0n) is 18.9. The maximum atomic E-state index is 12.8. The molecule has 4 nitrogen and oxygen atoms in total. The predicted molar refractivity (Wildman–Crippen MR) is 120 cm³/mol. The van der Waals surface area contributed by atoms with Crippen molar-refractivity contribution in [2.24, 2.45) is 22.7 Å². The molecule has 4 heteroatoms. The second-order valence-electron chi connectivity index (χ2n) is 10.8. The molecule has 5 atom stereocenters. The van der Waals surface area contributed by atoms with Crippen molar-refractivity contribution in [3.05, 3.63) is 47.5 Å². The Morgan fingerprint density at radius 2 is 1.84 bits per heavy atom. The average Bonchev–Trinajstić information content (AvgIpc) is 3.37. The summed E-state index contributed by atoms with van der Waals surface area (Å²) in [6.45, 7) is 3.35. The lowest BCUT2D eigenvalue weighted by Crippen LogP contribution is -2.62. The zero-order chi connectivity index (χ0) is 22.0. The number of allylic oxidation sites excluding steroid dienone is 1.